The number of amides is 1. The van der Waals surface area contributed by atoms with Crippen molar-refractivity contribution in [1.29, 1.82) is 0 Å². The lowest BCUT2D eigenvalue weighted by atomic mass is 9.90. The second-order valence-corrected chi connectivity index (χ2v) is 5.16. The Kier molecular flexibility index (Phi) is 2.17. The third-order valence-corrected chi connectivity index (χ3v) is 4.43. The van der Waals surface area contributed by atoms with Gasteiger partial charge in [-0.05, 0) is 29.5 Å². The van der Waals surface area contributed by atoms with Crippen molar-refractivity contribution in [1.82, 2.24) is 4.90 Å². The second-order valence-electron chi connectivity index (χ2n) is 5.16. The Morgan fingerprint density at radius 1 is 1.50 bits per heavy atom. The highest BCUT2D eigenvalue weighted by Crippen LogP contribution is 2.64. The molecule has 2 aliphatic rings. The van der Waals surface area contributed by atoms with Crippen LogP contribution in [0.3, 0.4) is 0 Å². The molecule has 94 valence electrons. The zero-order valence-electron chi connectivity index (χ0n) is 10.0. The Bertz CT molecular complexity index is 514. The zero-order valence-corrected chi connectivity index (χ0v) is 10.0. The Morgan fingerprint density at radius 2 is 2.17 bits per heavy atom. The number of hydrogen-bond acceptors (Lipinski definition) is 2. The van der Waals surface area contributed by atoms with Crippen LogP contribution in [0.15, 0.2) is 36.9 Å². The molecule has 1 saturated carbocycles. The van der Waals surface area contributed by atoms with Crippen LogP contribution >= 0.6 is 0 Å². The predicted octanol–water partition coefficient (Wildman–Crippen LogP) is 1.93. The van der Waals surface area contributed by atoms with Gasteiger partial charge >= 0.3 is 6.09 Å². The fourth-order valence-electron chi connectivity index (χ4n) is 3.48. The highest BCUT2D eigenvalue weighted by Gasteiger charge is 2.67. The summed E-state index contributed by atoms with van der Waals surface area (Å²) in [5, 5.41) is 8.99. The van der Waals surface area contributed by atoms with E-state index < -0.39 is 6.09 Å². The summed E-state index contributed by atoms with van der Waals surface area (Å²) in [4.78, 5) is 12.4. The molecule has 2 unspecified atom stereocenters. The number of carbonyl (C=O) groups is 1. The van der Waals surface area contributed by atoms with Crippen molar-refractivity contribution in [2.24, 2.45) is 11.8 Å². The minimum absolute atomic E-state index is 0.0681. The maximum Gasteiger partial charge on any atom is 0.407 e. The number of likely N-dealkylation sites (tertiary alicyclic amines) is 1. The molecule has 4 nitrogen and oxygen atoms in total. The van der Waals surface area contributed by atoms with E-state index in [-0.39, 0.29) is 5.41 Å². The van der Waals surface area contributed by atoms with Gasteiger partial charge in [-0.2, -0.15) is 0 Å². The van der Waals surface area contributed by atoms with E-state index in [0.29, 0.717) is 24.9 Å². The summed E-state index contributed by atoms with van der Waals surface area (Å²) in [5.41, 5.74) is 7.67. The number of benzene rings is 1. The van der Waals surface area contributed by atoms with Crippen LogP contribution in [-0.2, 0) is 5.41 Å². The molecule has 3 rings (SSSR count). The molecule has 1 saturated heterocycles. The topological polar surface area (TPSA) is 66.6 Å². The van der Waals surface area contributed by atoms with Gasteiger partial charge in [-0.1, -0.05) is 18.2 Å². The van der Waals surface area contributed by atoms with Crippen LogP contribution in [0, 0.1) is 11.8 Å². The van der Waals surface area contributed by atoms with Gasteiger partial charge in [0.2, 0.25) is 0 Å². The van der Waals surface area contributed by atoms with Gasteiger partial charge in [0, 0.05) is 24.2 Å². The number of nitrogens with zero attached hydrogens (tertiary/aromatic N) is 1. The lowest BCUT2D eigenvalue weighted by Gasteiger charge is -2.23. The first-order valence-electron chi connectivity index (χ1n) is 6.07. The number of hydrogen-bond donors (Lipinski definition) is 2. The van der Waals surface area contributed by atoms with E-state index in [2.05, 4.69) is 12.6 Å². The standard InChI is InChI=1S/C14H16N2O2/c1-2-14(9-4-3-5-10(15)6-9)11-7-16(13(17)18)8-12(11)14/h2-6,11-12H,1,7-8,15H2,(H,17,18). The van der Waals surface area contributed by atoms with Gasteiger partial charge in [-0.3, -0.25) is 0 Å². The van der Waals surface area contributed by atoms with Crippen LogP contribution in [0.2, 0.25) is 0 Å². The summed E-state index contributed by atoms with van der Waals surface area (Å²) in [6.45, 7) is 5.14. The molecule has 1 aliphatic heterocycles. The van der Waals surface area contributed by atoms with Crippen LogP contribution in [-0.4, -0.2) is 29.2 Å². The molecule has 4 heteroatoms. The van der Waals surface area contributed by atoms with Gasteiger partial charge in [0.1, 0.15) is 0 Å². The fraction of sp³-hybridized carbons (Fsp3) is 0.357. The van der Waals surface area contributed by atoms with E-state index in [0.717, 1.165) is 11.3 Å². The first-order chi connectivity index (χ1) is 8.59. The van der Waals surface area contributed by atoms with Gasteiger partial charge in [-0.15, -0.1) is 6.58 Å². The summed E-state index contributed by atoms with van der Waals surface area (Å²) in [7, 11) is 0. The Labute approximate surface area is 106 Å². The number of carboxylic acid groups (broad SMARTS) is 1. The molecular formula is C14H16N2O2. The molecule has 0 bridgehead atoms. The lowest BCUT2D eigenvalue weighted by Crippen LogP contribution is -2.33. The summed E-state index contributed by atoms with van der Waals surface area (Å²) < 4.78 is 0. The molecular weight excluding hydrogens is 228 g/mol. The molecule has 1 aromatic rings. The van der Waals surface area contributed by atoms with E-state index in [1.165, 1.54) is 4.90 Å². The number of fused-ring (bicyclic) bond motifs is 1. The number of allylic oxidation sites excluding steroid dienone is 1. The minimum atomic E-state index is -0.826. The summed E-state index contributed by atoms with van der Waals surface area (Å²) in [5.74, 6) is 0.709. The van der Waals surface area contributed by atoms with Gasteiger partial charge in [-0.25, -0.2) is 4.79 Å². The van der Waals surface area contributed by atoms with Crippen molar-refractivity contribution in [2.45, 2.75) is 5.41 Å². The maximum absolute atomic E-state index is 10.9. The third kappa shape index (κ3) is 1.29. The molecule has 1 heterocycles. The SMILES string of the molecule is C=CC1(c2cccc(N)c2)C2CN(C(=O)O)CC21. The van der Waals surface area contributed by atoms with Crippen molar-refractivity contribution >= 4 is 11.8 Å². The smallest absolute Gasteiger partial charge is 0.407 e. The minimum Gasteiger partial charge on any atom is -0.465 e. The normalized spacial score (nSPS) is 33.0. The van der Waals surface area contributed by atoms with Crippen LogP contribution in [0.4, 0.5) is 10.5 Å². The average molecular weight is 244 g/mol. The van der Waals surface area contributed by atoms with Crippen molar-refractivity contribution in [3.05, 3.63) is 42.5 Å². The summed E-state index contributed by atoms with van der Waals surface area (Å²) in [6, 6.07) is 7.84. The molecule has 0 spiro atoms. The number of nitrogens with two attached hydrogens (primary N) is 1. The largest absolute Gasteiger partial charge is 0.465 e. The predicted molar refractivity (Wildman–Crippen MR) is 69.3 cm³/mol. The van der Waals surface area contributed by atoms with E-state index in [1.807, 2.05) is 24.3 Å². The maximum atomic E-state index is 10.9. The van der Waals surface area contributed by atoms with Gasteiger partial charge in [0.05, 0.1) is 0 Å². The van der Waals surface area contributed by atoms with Crippen molar-refractivity contribution in [3.8, 4) is 0 Å². The Balaban J connectivity index is 1.89. The fourth-order valence-corrected chi connectivity index (χ4v) is 3.48. The molecule has 1 aliphatic carbocycles. The van der Waals surface area contributed by atoms with Gasteiger partial charge in [0.25, 0.3) is 0 Å². The molecule has 18 heavy (non-hydrogen) atoms. The molecule has 1 amide bonds. The van der Waals surface area contributed by atoms with Crippen LogP contribution < -0.4 is 5.73 Å². The van der Waals surface area contributed by atoms with Crippen LogP contribution in [0.1, 0.15) is 5.56 Å². The van der Waals surface area contributed by atoms with Crippen LogP contribution in [0.5, 0.6) is 0 Å². The molecule has 3 N–H and O–H groups in total. The molecule has 2 fully saturated rings. The number of anilines is 1. The molecule has 0 aromatic heterocycles. The second kappa shape index (κ2) is 3.51. The summed E-state index contributed by atoms with van der Waals surface area (Å²) >= 11 is 0. The number of nitrogen functional groups attached to an aromatic ring is 1. The Hall–Kier alpha value is -1.97. The van der Waals surface area contributed by atoms with Crippen molar-refractivity contribution in [2.75, 3.05) is 18.8 Å². The first kappa shape index (κ1) is 11.1. The van der Waals surface area contributed by atoms with Crippen molar-refractivity contribution in [3.63, 3.8) is 0 Å². The highest BCUT2D eigenvalue weighted by molar-refractivity contribution is 5.67. The molecule has 0 radical (unpaired) electrons. The van der Waals surface area contributed by atoms with E-state index in [9.17, 15) is 4.79 Å². The Morgan fingerprint density at radius 3 is 2.67 bits per heavy atom. The lowest BCUT2D eigenvalue weighted by molar-refractivity contribution is 0.148. The summed E-state index contributed by atoms with van der Waals surface area (Å²) in [6.07, 6.45) is 1.14. The zero-order chi connectivity index (χ0) is 12.9. The number of rotatable bonds is 2. The monoisotopic (exact) mass is 244 g/mol. The van der Waals surface area contributed by atoms with E-state index >= 15 is 0 Å². The molecule has 2 atom stereocenters. The quantitative estimate of drug-likeness (QED) is 0.617. The van der Waals surface area contributed by atoms with E-state index in [1.54, 1.807) is 0 Å². The van der Waals surface area contributed by atoms with Crippen LogP contribution in [0.25, 0.3) is 0 Å². The molecule has 1 aromatic carbocycles. The highest BCUT2D eigenvalue weighted by atomic mass is 16.4. The third-order valence-electron chi connectivity index (χ3n) is 4.43. The van der Waals surface area contributed by atoms with Gasteiger partial charge in [0.15, 0.2) is 0 Å². The van der Waals surface area contributed by atoms with E-state index in [4.69, 9.17) is 10.8 Å². The van der Waals surface area contributed by atoms with Crippen molar-refractivity contribution < 1.29 is 9.90 Å². The average Bonchev–Trinajstić information content (AvgIpc) is 2.73. The first-order valence-corrected chi connectivity index (χ1v) is 6.07. The van der Waals surface area contributed by atoms with Gasteiger partial charge < -0.3 is 15.7 Å². The number of piperidine rings is 1.